The molecule has 124 valence electrons. The number of hydrogen-bond acceptors (Lipinski definition) is 3. The van der Waals surface area contributed by atoms with E-state index in [0.717, 1.165) is 12.1 Å². The van der Waals surface area contributed by atoms with Gasteiger partial charge in [0.1, 0.15) is 11.3 Å². The van der Waals surface area contributed by atoms with E-state index in [1.165, 1.54) is 24.3 Å². The summed E-state index contributed by atoms with van der Waals surface area (Å²) in [6.45, 7) is 0. The lowest BCUT2D eigenvalue weighted by atomic mass is 10.0. The molecule has 0 unspecified atom stereocenters. The highest BCUT2D eigenvalue weighted by atomic mass is 35.5. The quantitative estimate of drug-likeness (QED) is 0.563. The van der Waals surface area contributed by atoms with E-state index in [-0.39, 0.29) is 32.6 Å². The van der Waals surface area contributed by atoms with Crippen molar-refractivity contribution < 1.29 is 27.4 Å². The molecule has 2 aromatic rings. The van der Waals surface area contributed by atoms with E-state index in [9.17, 15) is 23.2 Å². The predicted octanol–water partition coefficient (Wildman–Crippen LogP) is 4.72. The van der Waals surface area contributed by atoms with Crippen molar-refractivity contribution in [2.24, 2.45) is 0 Å². The van der Waals surface area contributed by atoms with E-state index < -0.39 is 17.9 Å². The molecule has 2 aromatic carbocycles. The first-order valence-corrected chi connectivity index (χ1v) is 7.17. The normalized spacial score (nSPS) is 14.1. The molecule has 1 aliphatic rings. The van der Waals surface area contributed by atoms with Crippen molar-refractivity contribution in [2.75, 3.05) is 0 Å². The molecule has 0 atom stereocenters. The summed E-state index contributed by atoms with van der Waals surface area (Å²) in [7, 11) is 0. The zero-order valence-electron chi connectivity index (χ0n) is 11.5. The van der Waals surface area contributed by atoms with Gasteiger partial charge in [-0.05, 0) is 30.3 Å². The third kappa shape index (κ3) is 2.92. The summed E-state index contributed by atoms with van der Waals surface area (Å²) < 4.78 is 40.6. The Bertz CT molecular complexity index is 877. The van der Waals surface area contributed by atoms with Gasteiger partial charge in [-0.15, -0.1) is 13.2 Å². The summed E-state index contributed by atoms with van der Waals surface area (Å²) in [6.07, 6.45) is -4.83. The first-order valence-electron chi connectivity index (χ1n) is 6.41. The molecule has 0 radical (unpaired) electrons. The molecule has 0 saturated heterocycles. The Labute approximate surface area is 143 Å². The zero-order valence-corrected chi connectivity index (χ0v) is 13.0. The number of carbonyl (C=O) groups excluding carboxylic acids is 1. The number of halogens is 5. The maximum atomic E-state index is 12.4. The number of Topliss-reactive ketones (excluding diaryl/α,β-unsaturated/α-hetero) is 1. The van der Waals surface area contributed by atoms with Crippen molar-refractivity contribution in [1.82, 2.24) is 0 Å². The second kappa shape index (κ2) is 5.68. The molecule has 0 saturated carbocycles. The lowest BCUT2D eigenvalue weighted by Crippen LogP contribution is -2.18. The molecular weight excluding hydrogens is 370 g/mol. The van der Waals surface area contributed by atoms with Crippen LogP contribution in [-0.4, -0.2) is 22.6 Å². The van der Waals surface area contributed by atoms with Crippen LogP contribution in [0.5, 0.6) is 5.75 Å². The highest BCUT2D eigenvalue weighted by Gasteiger charge is 2.37. The number of nitrogens with zero attached hydrogens (tertiary/aromatic N) is 1. The maximum absolute atomic E-state index is 12.4. The number of carbonyl (C=O) groups is 1. The minimum absolute atomic E-state index is 0.0278. The number of benzene rings is 2. The summed E-state index contributed by atoms with van der Waals surface area (Å²) >= 11 is 11.7. The minimum Gasteiger partial charge on any atom is -0.618 e. The minimum atomic E-state index is -4.83. The van der Waals surface area contributed by atoms with E-state index in [1.54, 1.807) is 0 Å². The smallest absolute Gasteiger partial charge is 0.573 e. The number of hydrogen-bond donors (Lipinski definition) is 0. The van der Waals surface area contributed by atoms with Crippen molar-refractivity contribution in [3.05, 3.63) is 62.8 Å². The van der Waals surface area contributed by atoms with Gasteiger partial charge in [-0.1, -0.05) is 23.2 Å². The van der Waals surface area contributed by atoms with Gasteiger partial charge in [0.15, 0.2) is 0 Å². The van der Waals surface area contributed by atoms with Crippen LogP contribution in [0.4, 0.5) is 18.9 Å². The van der Waals surface area contributed by atoms with Gasteiger partial charge in [0.05, 0.1) is 15.6 Å². The van der Waals surface area contributed by atoms with Gasteiger partial charge < -0.3 is 9.94 Å². The first-order chi connectivity index (χ1) is 11.2. The van der Waals surface area contributed by atoms with Crippen LogP contribution in [0.1, 0.15) is 15.9 Å². The van der Waals surface area contributed by atoms with Gasteiger partial charge in [-0.2, -0.15) is 4.74 Å². The lowest BCUT2D eigenvalue weighted by molar-refractivity contribution is -0.355. The fourth-order valence-corrected chi connectivity index (χ4v) is 2.61. The number of ether oxygens (including phenoxy) is 1. The van der Waals surface area contributed by atoms with Gasteiger partial charge in [0.25, 0.3) is 11.5 Å². The molecule has 3 rings (SSSR count). The Kier molecular flexibility index (Phi) is 3.93. The van der Waals surface area contributed by atoms with E-state index in [0.29, 0.717) is 4.74 Å². The van der Waals surface area contributed by atoms with Gasteiger partial charge in [0.2, 0.25) is 5.69 Å². The van der Waals surface area contributed by atoms with Crippen LogP contribution in [0.25, 0.3) is 0 Å². The van der Waals surface area contributed by atoms with Crippen molar-refractivity contribution in [3.8, 4) is 5.75 Å². The van der Waals surface area contributed by atoms with Gasteiger partial charge >= 0.3 is 6.36 Å². The highest BCUT2D eigenvalue weighted by Crippen LogP contribution is 2.35. The van der Waals surface area contributed by atoms with Crippen LogP contribution < -0.4 is 4.74 Å². The van der Waals surface area contributed by atoms with Crippen LogP contribution in [-0.2, 0) is 0 Å². The van der Waals surface area contributed by atoms with Crippen LogP contribution in [0.2, 0.25) is 10.0 Å². The predicted molar refractivity (Wildman–Crippen MR) is 81.3 cm³/mol. The third-order valence-electron chi connectivity index (χ3n) is 3.28. The molecule has 0 aromatic heterocycles. The molecule has 0 spiro atoms. The van der Waals surface area contributed by atoms with Crippen LogP contribution in [0.15, 0.2) is 36.4 Å². The summed E-state index contributed by atoms with van der Waals surface area (Å²) in [5.41, 5.74) is 0.0138. The van der Waals surface area contributed by atoms with E-state index in [1.807, 2.05) is 0 Å². The third-order valence-corrected chi connectivity index (χ3v) is 4.00. The zero-order chi connectivity index (χ0) is 17.6. The van der Waals surface area contributed by atoms with Crippen LogP contribution in [0, 0.1) is 5.21 Å². The Morgan fingerprint density at radius 1 is 1.04 bits per heavy atom. The van der Waals surface area contributed by atoms with Gasteiger partial charge in [-0.3, -0.25) is 4.79 Å². The molecule has 0 fully saturated rings. The molecule has 4 nitrogen and oxygen atoms in total. The molecule has 0 N–H and O–H groups in total. The summed E-state index contributed by atoms with van der Waals surface area (Å²) in [5, 5.41) is 12.6. The standard InChI is InChI=1S/C15H6Cl2F3NO3/c16-10-5-9-12(6-11(10)17)21(23)13(14(9)22)7-1-3-8(4-2-7)24-15(18,19)20/h1-6H. The number of fused-ring (bicyclic) bond motifs is 1. The number of alkyl halides is 3. The molecule has 1 aliphatic heterocycles. The second-order valence-electron chi connectivity index (χ2n) is 4.83. The van der Waals surface area contributed by atoms with Crippen molar-refractivity contribution >= 4 is 40.4 Å². The fourth-order valence-electron chi connectivity index (χ4n) is 2.29. The molecule has 9 heteroatoms. The Balaban J connectivity index is 2.00. The monoisotopic (exact) mass is 375 g/mol. The summed E-state index contributed by atoms with van der Waals surface area (Å²) in [5.74, 6) is -1.05. The fraction of sp³-hybridized carbons (Fsp3) is 0.0667. The molecular formula is C15H6Cl2F3NO3. The first kappa shape index (κ1) is 16.6. The largest absolute Gasteiger partial charge is 0.618 e. The summed E-state index contributed by atoms with van der Waals surface area (Å²) in [4.78, 5) is 12.4. The summed E-state index contributed by atoms with van der Waals surface area (Å²) in [6, 6.07) is 6.95. The topological polar surface area (TPSA) is 52.4 Å². The number of rotatable bonds is 2. The van der Waals surface area contributed by atoms with Crippen LogP contribution in [0.3, 0.4) is 0 Å². The van der Waals surface area contributed by atoms with Gasteiger partial charge in [-0.25, -0.2) is 0 Å². The maximum Gasteiger partial charge on any atom is 0.573 e. The highest BCUT2D eigenvalue weighted by molar-refractivity contribution is 6.53. The van der Waals surface area contributed by atoms with Crippen molar-refractivity contribution in [1.29, 1.82) is 0 Å². The Morgan fingerprint density at radius 2 is 1.62 bits per heavy atom. The average molecular weight is 376 g/mol. The van der Waals surface area contributed by atoms with E-state index in [2.05, 4.69) is 4.74 Å². The van der Waals surface area contributed by atoms with E-state index in [4.69, 9.17) is 23.2 Å². The SMILES string of the molecule is O=C1C(c2ccc(OC(F)(F)F)cc2)=[N+]([O-])c2cc(Cl)c(Cl)cc21. The van der Waals surface area contributed by atoms with Crippen molar-refractivity contribution in [2.45, 2.75) is 6.36 Å². The average Bonchev–Trinajstić information content (AvgIpc) is 2.71. The Morgan fingerprint density at radius 3 is 2.21 bits per heavy atom. The van der Waals surface area contributed by atoms with E-state index >= 15 is 0 Å². The van der Waals surface area contributed by atoms with Gasteiger partial charge in [0, 0.05) is 6.07 Å². The molecule has 0 amide bonds. The Hall–Kier alpha value is -2.25. The molecule has 0 bridgehead atoms. The number of ketones is 1. The second-order valence-corrected chi connectivity index (χ2v) is 5.64. The molecule has 24 heavy (non-hydrogen) atoms. The van der Waals surface area contributed by atoms with Crippen LogP contribution >= 0.6 is 23.2 Å². The molecule has 1 heterocycles. The lowest BCUT2D eigenvalue weighted by Gasteiger charge is -2.08. The van der Waals surface area contributed by atoms with Crippen molar-refractivity contribution in [3.63, 3.8) is 0 Å². The molecule has 0 aliphatic carbocycles.